The van der Waals surface area contributed by atoms with Gasteiger partial charge in [0.15, 0.2) is 6.33 Å². The van der Waals surface area contributed by atoms with Gasteiger partial charge >= 0.3 is 0 Å². The summed E-state index contributed by atoms with van der Waals surface area (Å²) in [5, 5.41) is 4.08. The number of halogens is 1. The molecule has 72 valence electrons. The Morgan fingerprint density at radius 3 is 2.79 bits per heavy atom. The largest absolute Gasteiger partial charge is 0.338 e. The lowest BCUT2D eigenvalue weighted by molar-refractivity contribution is 0.366. The number of hydrogen-bond acceptors (Lipinski definition) is 4. The van der Waals surface area contributed by atoms with Gasteiger partial charge in [-0.25, -0.2) is 0 Å². The van der Waals surface area contributed by atoms with Crippen molar-refractivity contribution in [3.63, 3.8) is 0 Å². The van der Waals surface area contributed by atoms with Gasteiger partial charge in [0.2, 0.25) is 5.89 Å². The number of benzene rings is 1. The Morgan fingerprint density at radius 1 is 1.36 bits per heavy atom. The van der Waals surface area contributed by atoms with E-state index < -0.39 is 6.04 Å². The van der Waals surface area contributed by atoms with Crippen molar-refractivity contribution < 1.29 is 4.52 Å². The lowest BCUT2D eigenvalue weighted by atomic mass is 10.1. The molecule has 14 heavy (non-hydrogen) atoms. The monoisotopic (exact) mass is 209 g/mol. The highest BCUT2D eigenvalue weighted by Gasteiger charge is 2.16. The summed E-state index contributed by atoms with van der Waals surface area (Å²) in [5.74, 6) is 0.359. The van der Waals surface area contributed by atoms with E-state index in [0.717, 1.165) is 5.56 Å². The fraction of sp³-hybridized carbons (Fsp3) is 0.111. The van der Waals surface area contributed by atoms with Crippen LogP contribution in [-0.2, 0) is 0 Å². The van der Waals surface area contributed by atoms with E-state index in [4.69, 9.17) is 21.9 Å². The molecule has 1 atom stereocenters. The van der Waals surface area contributed by atoms with Crippen molar-refractivity contribution in [3.8, 4) is 0 Å². The van der Waals surface area contributed by atoms with Gasteiger partial charge in [-0.2, -0.15) is 4.98 Å². The third kappa shape index (κ3) is 1.62. The van der Waals surface area contributed by atoms with E-state index in [1.165, 1.54) is 6.33 Å². The Balaban J connectivity index is 2.37. The van der Waals surface area contributed by atoms with Crippen molar-refractivity contribution in [3.05, 3.63) is 47.1 Å². The summed E-state index contributed by atoms with van der Waals surface area (Å²) in [6.45, 7) is 0. The lowest BCUT2D eigenvalue weighted by Crippen LogP contribution is -2.12. The van der Waals surface area contributed by atoms with Crippen LogP contribution in [-0.4, -0.2) is 10.1 Å². The number of hydrogen-bond donors (Lipinski definition) is 1. The van der Waals surface area contributed by atoms with Crippen LogP contribution in [0.5, 0.6) is 0 Å². The zero-order valence-corrected chi connectivity index (χ0v) is 7.98. The molecule has 4 nitrogen and oxygen atoms in total. The molecule has 2 aromatic rings. The van der Waals surface area contributed by atoms with Crippen LogP contribution in [0.3, 0.4) is 0 Å². The summed E-state index contributed by atoms with van der Waals surface area (Å²) in [7, 11) is 0. The van der Waals surface area contributed by atoms with E-state index in [0.29, 0.717) is 10.9 Å². The Hall–Kier alpha value is -1.39. The second kappa shape index (κ2) is 3.77. The van der Waals surface area contributed by atoms with Crippen LogP contribution >= 0.6 is 11.6 Å². The van der Waals surface area contributed by atoms with Gasteiger partial charge in [0.25, 0.3) is 0 Å². The molecule has 0 amide bonds. The van der Waals surface area contributed by atoms with Crippen LogP contribution in [0.15, 0.2) is 35.1 Å². The second-order valence-electron chi connectivity index (χ2n) is 2.78. The van der Waals surface area contributed by atoms with Crippen molar-refractivity contribution >= 4 is 11.6 Å². The highest BCUT2D eigenvalue weighted by molar-refractivity contribution is 6.31. The molecule has 0 saturated carbocycles. The third-order valence-corrected chi connectivity index (χ3v) is 2.23. The molecule has 1 aromatic carbocycles. The van der Waals surface area contributed by atoms with Gasteiger partial charge in [-0.1, -0.05) is 35.0 Å². The Labute approximate surface area is 85.7 Å². The minimum absolute atomic E-state index is 0.359. The van der Waals surface area contributed by atoms with Gasteiger partial charge in [0.1, 0.15) is 6.04 Å². The first-order valence-corrected chi connectivity index (χ1v) is 4.43. The molecule has 5 heteroatoms. The zero-order valence-electron chi connectivity index (χ0n) is 7.22. The number of aromatic nitrogens is 2. The lowest BCUT2D eigenvalue weighted by Gasteiger charge is -2.08. The van der Waals surface area contributed by atoms with Crippen molar-refractivity contribution in [1.82, 2.24) is 10.1 Å². The first-order chi connectivity index (χ1) is 6.79. The van der Waals surface area contributed by atoms with Gasteiger partial charge in [-0.15, -0.1) is 0 Å². The third-order valence-electron chi connectivity index (χ3n) is 1.88. The number of nitrogens with two attached hydrogens (primary N) is 1. The van der Waals surface area contributed by atoms with E-state index in [1.54, 1.807) is 6.07 Å². The average molecular weight is 210 g/mol. The highest BCUT2D eigenvalue weighted by atomic mass is 35.5. The molecule has 0 bridgehead atoms. The summed E-state index contributed by atoms with van der Waals surface area (Å²) in [6, 6.07) is 6.83. The molecular formula is C9H8ClN3O. The fourth-order valence-corrected chi connectivity index (χ4v) is 1.43. The fourth-order valence-electron chi connectivity index (χ4n) is 1.18. The highest BCUT2D eigenvalue weighted by Crippen LogP contribution is 2.24. The molecule has 1 aromatic heterocycles. The van der Waals surface area contributed by atoms with Crippen molar-refractivity contribution in [2.45, 2.75) is 6.04 Å². The van der Waals surface area contributed by atoms with Gasteiger partial charge in [-0.05, 0) is 11.6 Å². The molecule has 0 aliphatic heterocycles. The summed E-state index contributed by atoms with van der Waals surface area (Å²) >= 11 is 5.97. The van der Waals surface area contributed by atoms with Crippen molar-refractivity contribution in [2.24, 2.45) is 5.73 Å². The normalized spacial score (nSPS) is 12.7. The minimum Gasteiger partial charge on any atom is -0.338 e. The molecule has 0 aliphatic rings. The standard InChI is InChI=1S/C9H8ClN3O/c10-7-4-2-1-3-6(7)8(11)9-12-5-13-14-9/h1-5,8H,11H2/t8-/m1/s1. The molecule has 2 rings (SSSR count). The summed E-state index contributed by atoms with van der Waals surface area (Å²) in [6.07, 6.45) is 1.31. The quantitative estimate of drug-likeness (QED) is 0.819. The van der Waals surface area contributed by atoms with Crippen LogP contribution in [0.2, 0.25) is 5.02 Å². The van der Waals surface area contributed by atoms with Gasteiger partial charge < -0.3 is 10.3 Å². The molecule has 0 saturated heterocycles. The van der Waals surface area contributed by atoms with E-state index in [2.05, 4.69) is 10.1 Å². The maximum Gasteiger partial charge on any atom is 0.247 e. The van der Waals surface area contributed by atoms with Crippen molar-refractivity contribution in [2.75, 3.05) is 0 Å². The van der Waals surface area contributed by atoms with Gasteiger partial charge in [0.05, 0.1) is 0 Å². The summed E-state index contributed by atoms with van der Waals surface area (Å²) < 4.78 is 4.86. The molecule has 0 radical (unpaired) electrons. The molecular weight excluding hydrogens is 202 g/mol. The van der Waals surface area contributed by atoms with E-state index in [1.807, 2.05) is 18.2 Å². The van der Waals surface area contributed by atoms with Crippen LogP contribution in [0, 0.1) is 0 Å². The van der Waals surface area contributed by atoms with Crippen LogP contribution < -0.4 is 5.73 Å². The number of nitrogens with zero attached hydrogens (tertiary/aromatic N) is 2. The maximum absolute atomic E-state index is 5.97. The summed E-state index contributed by atoms with van der Waals surface area (Å²) in [4.78, 5) is 3.87. The smallest absolute Gasteiger partial charge is 0.247 e. The first kappa shape index (κ1) is 9.18. The van der Waals surface area contributed by atoms with Gasteiger partial charge in [-0.3, -0.25) is 0 Å². The molecule has 0 fully saturated rings. The van der Waals surface area contributed by atoms with Crippen LogP contribution in [0.25, 0.3) is 0 Å². The first-order valence-electron chi connectivity index (χ1n) is 4.05. The molecule has 0 aliphatic carbocycles. The van der Waals surface area contributed by atoms with E-state index in [-0.39, 0.29) is 0 Å². The minimum atomic E-state index is -0.466. The SMILES string of the molecule is N[C@@H](c1ncno1)c1ccccc1Cl. The molecule has 0 spiro atoms. The topological polar surface area (TPSA) is 64.9 Å². The van der Waals surface area contributed by atoms with Crippen molar-refractivity contribution in [1.29, 1.82) is 0 Å². The van der Waals surface area contributed by atoms with Crippen LogP contribution in [0.1, 0.15) is 17.5 Å². The number of rotatable bonds is 2. The second-order valence-corrected chi connectivity index (χ2v) is 3.19. The molecule has 0 unspecified atom stereocenters. The Kier molecular flexibility index (Phi) is 2.47. The zero-order chi connectivity index (χ0) is 9.97. The van der Waals surface area contributed by atoms with E-state index in [9.17, 15) is 0 Å². The van der Waals surface area contributed by atoms with E-state index >= 15 is 0 Å². The predicted octanol–water partition coefficient (Wildman–Crippen LogP) is 1.77. The molecule has 2 N–H and O–H groups in total. The average Bonchev–Trinajstić information content (AvgIpc) is 2.70. The Morgan fingerprint density at radius 2 is 2.14 bits per heavy atom. The summed E-state index contributed by atoms with van der Waals surface area (Å²) in [5.41, 5.74) is 6.66. The molecule has 1 heterocycles. The van der Waals surface area contributed by atoms with Gasteiger partial charge in [0, 0.05) is 5.02 Å². The Bertz CT molecular complexity index is 416. The maximum atomic E-state index is 5.97. The predicted molar refractivity (Wildman–Crippen MR) is 51.8 cm³/mol. The van der Waals surface area contributed by atoms with Crippen LogP contribution in [0.4, 0.5) is 0 Å².